The number of carbonyl (C=O) groups is 2. The largest absolute Gasteiger partial charge is 0.296 e. The maximum Gasteiger partial charge on any atom is 0.230 e. The third-order valence-electron chi connectivity index (χ3n) is 5.47. The molecule has 2 amide bonds. The Balaban J connectivity index is 1.92. The topological polar surface area (TPSA) is 46.2 Å². The smallest absolute Gasteiger partial charge is 0.230 e. The fourth-order valence-corrected chi connectivity index (χ4v) is 3.80. The highest BCUT2D eigenvalue weighted by Gasteiger charge is 2.34. The van der Waals surface area contributed by atoms with Crippen molar-refractivity contribution in [1.29, 1.82) is 0 Å². The molecule has 2 atom stereocenters. The second kappa shape index (κ2) is 14.1. The molecule has 1 aliphatic heterocycles. The fourth-order valence-electron chi connectivity index (χ4n) is 3.80. The van der Waals surface area contributed by atoms with Crippen LogP contribution >= 0.6 is 0 Å². The standard InChI is InChI=1S/C22H39NO2/c1-3-5-6-7-8-9-10-11-12-13-14-15-16-17-19(4-2)20-18-21(24)23-22(20)25/h4,19-20H,2-3,5-18H2,1H3,(H,23,24,25). The molecule has 1 aliphatic rings. The number of rotatable bonds is 16. The molecule has 0 spiro atoms. The lowest BCUT2D eigenvalue weighted by Gasteiger charge is -2.16. The maximum absolute atomic E-state index is 11.7. The van der Waals surface area contributed by atoms with Crippen LogP contribution in [0.3, 0.4) is 0 Å². The molecule has 25 heavy (non-hydrogen) atoms. The quantitative estimate of drug-likeness (QED) is 0.213. The average Bonchev–Trinajstić information content (AvgIpc) is 2.93. The normalized spacial score (nSPS) is 18.4. The van der Waals surface area contributed by atoms with Crippen LogP contribution in [0.4, 0.5) is 0 Å². The predicted molar refractivity (Wildman–Crippen MR) is 105 cm³/mol. The highest BCUT2D eigenvalue weighted by atomic mass is 16.2. The van der Waals surface area contributed by atoms with Crippen molar-refractivity contribution in [3.8, 4) is 0 Å². The van der Waals surface area contributed by atoms with Crippen LogP contribution < -0.4 is 5.32 Å². The van der Waals surface area contributed by atoms with Crippen LogP contribution in [0.25, 0.3) is 0 Å². The Bertz CT molecular complexity index is 391. The molecule has 144 valence electrons. The minimum absolute atomic E-state index is 0.107. The Morgan fingerprint density at radius 3 is 1.80 bits per heavy atom. The van der Waals surface area contributed by atoms with Crippen LogP contribution in [0, 0.1) is 11.8 Å². The number of carbonyl (C=O) groups excluding carboxylic acids is 2. The van der Waals surface area contributed by atoms with Crippen molar-refractivity contribution < 1.29 is 9.59 Å². The zero-order valence-electron chi connectivity index (χ0n) is 16.4. The Labute approximate surface area is 155 Å². The second-order valence-electron chi connectivity index (χ2n) is 7.65. The summed E-state index contributed by atoms with van der Waals surface area (Å²) < 4.78 is 0. The first kappa shape index (κ1) is 21.9. The van der Waals surface area contributed by atoms with Gasteiger partial charge in [-0.15, -0.1) is 6.58 Å². The summed E-state index contributed by atoms with van der Waals surface area (Å²) in [6.07, 6.45) is 20.7. The van der Waals surface area contributed by atoms with Crippen molar-refractivity contribution in [3.05, 3.63) is 12.7 Å². The molecule has 1 heterocycles. The van der Waals surface area contributed by atoms with E-state index >= 15 is 0 Å². The SMILES string of the molecule is C=CC(CCCCCCCCCCCCCCC)C1CC(=O)NC1=O. The Morgan fingerprint density at radius 1 is 0.920 bits per heavy atom. The van der Waals surface area contributed by atoms with Gasteiger partial charge in [-0.2, -0.15) is 0 Å². The lowest BCUT2D eigenvalue weighted by molar-refractivity contribution is -0.126. The summed E-state index contributed by atoms with van der Waals surface area (Å²) in [5, 5.41) is 2.41. The van der Waals surface area contributed by atoms with E-state index < -0.39 is 0 Å². The fraction of sp³-hybridized carbons (Fsp3) is 0.818. The molecule has 0 aromatic rings. The van der Waals surface area contributed by atoms with Gasteiger partial charge in [-0.1, -0.05) is 96.5 Å². The van der Waals surface area contributed by atoms with Crippen molar-refractivity contribution in [2.45, 2.75) is 103 Å². The number of imide groups is 1. The Morgan fingerprint density at radius 2 is 1.40 bits per heavy atom. The summed E-state index contributed by atoms with van der Waals surface area (Å²) in [6, 6.07) is 0. The Kier molecular flexibility index (Phi) is 12.4. The summed E-state index contributed by atoms with van der Waals surface area (Å²) in [4.78, 5) is 23.0. The number of amides is 2. The summed E-state index contributed by atoms with van der Waals surface area (Å²) in [6.45, 7) is 6.12. The number of hydrogen-bond acceptors (Lipinski definition) is 2. The lowest BCUT2D eigenvalue weighted by atomic mass is 9.86. The highest BCUT2D eigenvalue weighted by molar-refractivity contribution is 6.03. The van der Waals surface area contributed by atoms with E-state index in [0.717, 1.165) is 12.8 Å². The Hall–Kier alpha value is -1.12. The minimum Gasteiger partial charge on any atom is -0.296 e. The molecule has 2 unspecified atom stereocenters. The second-order valence-corrected chi connectivity index (χ2v) is 7.65. The van der Waals surface area contributed by atoms with Crippen LogP contribution in [0.2, 0.25) is 0 Å². The molecule has 1 fully saturated rings. The zero-order chi connectivity index (χ0) is 18.3. The van der Waals surface area contributed by atoms with Crippen molar-refractivity contribution in [1.82, 2.24) is 5.32 Å². The molecule has 0 aliphatic carbocycles. The molecule has 1 saturated heterocycles. The third-order valence-corrected chi connectivity index (χ3v) is 5.47. The van der Waals surface area contributed by atoms with E-state index in [0.29, 0.717) is 6.42 Å². The van der Waals surface area contributed by atoms with Gasteiger partial charge >= 0.3 is 0 Å². The first-order valence-corrected chi connectivity index (χ1v) is 10.6. The van der Waals surface area contributed by atoms with Gasteiger partial charge in [0.2, 0.25) is 11.8 Å². The molecule has 0 aromatic carbocycles. The van der Waals surface area contributed by atoms with Crippen LogP contribution in [0.1, 0.15) is 103 Å². The van der Waals surface area contributed by atoms with E-state index in [1.807, 2.05) is 6.08 Å². The lowest BCUT2D eigenvalue weighted by Crippen LogP contribution is -2.25. The van der Waals surface area contributed by atoms with Gasteiger partial charge in [-0.05, 0) is 12.3 Å². The molecule has 3 nitrogen and oxygen atoms in total. The summed E-state index contributed by atoms with van der Waals surface area (Å²) in [5.41, 5.74) is 0. The van der Waals surface area contributed by atoms with Gasteiger partial charge in [0.1, 0.15) is 0 Å². The van der Waals surface area contributed by atoms with Crippen molar-refractivity contribution in [2.24, 2.45) is 11.8 Å². The molecule has 1 rings (SSSR count). The van der Waals surface area contributed by atoms with E-state index in [2.05, 4.69) is 18.8 Å². The van der Waals surface area contributed by atoms with Gasteiger partial charge in [-0.3, -0.25) is 14.9 Å². The zero-order valence-corrected chi connectivity index (χ0v) is 16.4. The number of hydrogen-bond donors (Lipinski definition) is 1. The molecular formula is C22H39NO2. The summed E-state index contributed by atoms with van der Waals surface area (Å²) in [7, 11) is 0. The van der Waals surface area contributed by atoms with E-state index in [1.165, 1.54) is 77.0 Å². The van der Waals surface area contributed by atoms with Gasteiger partial charge in [0.05, 0.1) is 5.92 Å². The summed E-state index contributed by atoms with van der Waals surface area (Å²) >= 11 is 0. The van der Waals surface area contributed by atoms with E-state index in [4.69, 9.17) is 0 Å². The average molecular weight is 350 g/mol. The van der Waals surface area contributed by atoms with Gasteiger partial charge < -0.3 is 0 Å². The number of nitrogens with one attached hydrogen (secondary N) is 1. The minimum atomic E-state index is -0.178. The van der Waals surface area contributed by atoms with E-state index in [9.17, 15) is 9.59 Å². The van der Waals surface area contributed by atoms with Crippen molar-refractivity contribution in [3.63, 3.8) is 0 Å². The highest BCUT2D eigenvalue weighted by Crippen LogP contribution is 2.27. The first-order chi connectivity index (χ1) is 12.2. The van der Waals surface area contributed by atoms with Gasteiger partial charge in [-0.25, -0.2) is 0 Å². The van der Waals surface area contributed by atoms with Crippen LogP contribution in [-0.4, -0.2) is 11.8 Å². The van der Waals surface area contributed by atoms with Gasteiger partial charge in [0.15, 0.2) is 0 Å². The number of allylic oxidation sites excluding steroid dienone is 1. The molecule has 3 heteroatoms. The molecule has 0 bridgehead atoms. The summed E-state index contributed by atoms with van der Waals surface area (Å²) in [5.74, 6) is -0.265. The first-order valence-electron chi connectivity index (χ1n) is 10.6. The van der Waals surface area contributed by atoms with Gasteiger partial charge in [0.25, 0.3) is 0 Å². The predicted octanol–water partition coefficient (Wildman–Crippen LogP) is 5.93. The molecule has 1 N–H and O–H groups in total. The molecular weight excluding hydrogens is 310 g/mol. The monoisotopic (exact) mass is 349 g/mol. The maximum atomic E-state index is 11.7. The van der Waals surface area contributed by atoms with Crippen LogP contribution in [-0.2, 0) is 9.59 Å². The van der Waals surface area contributed by atoms with Gasteiger partial charge in [0, 0.05) is 6.42 Å². The van der Waals surface area contributed by atoms with Crippen molar-refractivity contribution >= 4 is 11.8 Å². The van der Waals surface area contributed by atoms with Crippen LogP contribution in [0.15, 0.2) is 12.7 Å². The third kappa shape index (κ3) is 9.81. The van der Waals surface area contributed by atoms with Crippen LogP contribution in [0.5, 0.6) is 0 Å². The molecule has 0 aromatic heterocycles. The van der Waals surface area contributed by atoms with Crippen molar-refractivity contribution in [2.75, 3.05) is 0 Å². The molecule has 0 radical (unpaired) electrons. The number of unbranched alkanes of at least 4 members (excludes halogenated alkanes) is 12. The van der Waals surface area contributed by atoms with E-state index in [-0.39, 0.29) is 23.7 Å². The molecule has 0 saturated carbocycles. The van der Waals surface area contributed by atoms with E-state index in [1.54, 1.807) is 0 Å².